The van der Waals surface area contributed by atoms with Crippen molar-refractivity contribution in [1.29, 1.82) is 0 Å². The van der Waals surface area contributed by atoms with Gasteiger partial charge in [-0.3, -0.25) is 4.21 Å². The van der Waals surface area contributed by atoms with Crippen LogP contribution in [0.5, 0.6) is 0 Å². The van der Waals surface area contributed by atoms with E-state index >= 15 is 0 Å². The van der Waals surface area contributed by atoms with E-state index in [-0.39, 0.29) is 0 Å². The van der Waals surface area contributed by atoms with Crippen molar-refractivity contribution in [2.45, 2.75) is 59.3 Å². The molecule has 3 atom stereocenters. The molecule has 0 rings (SSSR count). The molecule has 0 aliphatic rings. The second-order valence-electron chi connectivity index (χ2n) is 5.30. The average molecular weight is 247 g/mol. The molecule has 0 heterocycles. The molecule has 0 spiro atoms. The summed E-state index contributed by atoms with van der Waals surface area (Å²) in [5.41, 5.74) is 0. The first kappa shape index (κ1) is 16.1. The molecular formula is C13H29NOS. The van der Waals surface area contributed by atoms with Crippen LogP contribution in [0.1, 0.15) is 48.0 Å². The lowest BCUT2D eigenvalue weighted by Gasteiger charge is -2.24. The Morgan fingerprint density at radius 1 is 1.06 bits per heavy atom. The van der Waals surface area contributed by atoms with Gasteiger partial charge in [0.05, 0.1) is 0 Å². The molecule has 0 aromatic carbocycles. The van der Waals surface area contributed by atoms with Gasteiger partial charge in [0.15, 0.2) is 0 Å². The van der Waals surface area contributed by atoms with Gasteiger partial charge in [0.1, 0.15) is 0 Å². The lowest BCUT2D eigenvalue weighted by Crippen LogP contribution is -2.40. The fourth-order valence-corrected chi connectivity index (χ4v) is 3.22. The highest BCUT2D eigenvalue weighted by Crippen LogP contribution is 2.12. The van der Waals surface area contributed by atoms with Crippen molar-refractivity contribution in [1.82, 2.24) is 5.32 Å². The monoisotopic (exact) mass is 247 g/mol. The third kappa shape index (κ3) is 6.00. The molecule has 3 unspecified atom stereocenters. The summed E-state index contributed by atoms with van der Waals surface area (Å²) in [6.45, 7) is 14.0. The Balaban J connectivity index is 4.23. The molecule has 0 aromatic heterocycles. The summed E-state index contributed by atoms with van der Waals surface area (Å²) < 4.78 is 12.1. The highest BCUT2D eigenvalue weighted by molar-refractivity contribution is 7.85. The Morgan fingerprint density at radius 2 is 1.62 bits per heavy atom. The zero-order valence-electron chi connectivity index (χ0n) is 11.7. The van der Waals surface area contributed by atoms with E-state index in [1.807, 2.05) is 0 Å². The van der Waals surface area contributed by atoms with Crippen molar-refractivity contribution in [3.8, 4) is 0 Å². The summed E-state index contributed by atoms with van der Waals surface area (Å²) in [5, 5.41) is 3.80. The Morgan fingerprint density at radius 3 is 2.00 bits per heavy atom. The molecule has 16 heavy (non-hydrogen) atoms. The van der Waals surface area contributed by atoms with Gasteiger partial charge in [-0.15, -0.1) is 0 Å². The highest BCUT2D eigenvalue weighted by atomic mass is 32.2. The molecular weight excluding hydrogens is 218 g/mol. The Labute approximate surface area is 104 Å². The van der Waals surface area contributed by atoms with Crippen LogP contribution in [0.15, 0.2) is 0 Å². The summed E-state index contributed by atoms with van der Waals surface area (Å²) in [6, 6.07) is 0.391. The van der Waals surface area contributed by atoms with Crippen LogP contribution in [-0.4, -0.2) is 27.8 Å². The molecule has 2 nitrogen and oxygen atoms in total. The van der Waals surface area contributed by atoms with Gasteiger partial charge in [0.2, 0.25) is 0 Å². The standard InChI is InChI=1S/C13H29NOS/c1-7-8-14-13(11(4)5)9-16(15)12(6)10(2)3/h10-14H,7-9H2,1-6H3. The van der Waals surface area contributed by atoms with Crippen LogP contribution >= 0.6 is 0 Å². The first-order valence-electron chi connectivity index (χ1n) is 6.50. The molecule has 3 heteroatoms. The van der Waals surface area contributed by atoms with Crippen molar-refractivity contribution in [3.05, 3.63) is 0 Å². The zero-order valence-corrected chi connectivity index (χ0v) is 12.6. The van der Waals surface area contributed by atoms with E-state index in [2.05, 4.69) is 46.9 Å². The van der Waals surface area contributed by atoms with Gasteiger partial charge in [0.25, 0.3) is 0 Å². The van der Waals surface area contributed by atoms with Crippen LogP contribution in [-0.2, 0) is 10.8 Å². The van der Waals surface area contributed by atoms with Crippen LogP contribution in [0, 0.1) is 11.8 Å². The van der Waals surface area contributed by atoms with Crippen molar-refractivity contribution in [2.75, 3.05) is 12.3 Å². The fourth-order valence-electron chi connectivity index (χ4n) is 1.45. The van der Waals surface area contributed by atoms with Crippen molar-refractivity contribution >= 4 is 10.8 Å². The van der Waals surface area contributed by atoms with E-state index < -0.39 is 10.8 Å². The maximum absolute atomic E-state index is 12.1. The van der Waals surface area contributed by atoms with Crippen molar-refractivity contribution in [2.24, 2.45) is 11.8 Å². The van der Waals surface area contributed by atoms with Gasteiger partial charge in [-0.1, -0.05) is 41.5 Å². The van der Waals surface area contributed by atoms with Gasteiger partial charge >= 0.3 is 0 Å². The quantitative estimate of drug-likeness (QED) is 0.714. The third-order valence-electron chi connectivity index (χ3n) is 3.16. The molecule has 0 radical (unpaired) electrons. The highest BCUT2D eigenvalue weighted by Gasteiger charge is 2.21. The first-order chi connectivity index (χ1) is 7.40. The lowest BCUT2D eigenvalue weighted by atomic mass is 10.1. The third-order valence-corrected chi connectivity index (χ3v) is 5.22. The molecule has 0 bridgehead atoms. The molecule has 0 saturated carbocycles. The topological polar surface area (TPSA) is 29.1 Å². The summed E-state index contributed by atoms with van der Waals surface area (Å²) in [5.74, 6) is 1.84. The maximum Gasteiger partial charge on any atom is 0.0394 e. The Kier molecular flexibility index (Phi) is 8.29. The van der Waals surface area contributed by atoms with E-state index in [1.165, 1.54) is 0 Å². The predicted octanol–water partition coefficient (Wildman–Crippen LogP) is 2.80. The summed E-state index contributed by atoms with van der Waals surface area (Å²) in [7, 11) is -0.712. The number of rotatable bonds is 8. The normalized spacial score (nSPS) is 17.8. The maximum atomic E-state index is 12.1. The fraction of sp³-hybridized carbons (Fsp3) is 1.00. The second-order valence-corrected chi connectivity index (χ2v) is 7.14. The van der Waals surface area contributed by atoms with Gasteiger partial charge in [-0.25, -0.2) is 0 Å². The second kappa shape index (κ2) is 8.24. The zero-order chi connectivity index (χ0) is 12.7. The van der Waals surface area contributed by atoms with E-state index in [0.29, 0.717) is 23.1 Å². The minimum atomic E-state index is -0.712. The molecule has 0 fully saturated rings. The van der Waals surface area contributed by atoms with Crippen molar-refractivity contribution < 1.29 is 4.21 Å². The smallest absolute Gasteiger partial charge is 0.0394 e. The SMILES string of the molecule is CCCNC(CS(=O)C(C)C(C)C)C(C)C. The first-order valence-corrected chi connectivity index (χ1v) is 7.88. The molecule has 0 saturated heterocycles. The minimum Gasteiger partial charge on any atom is -0.313 e. The summed E-state index contributed by atoms with van der Waals surface area (Å²) >= 11 is 0. The average Bonchev–Trinajstić information content (AvgIpc) is 2.21. The molecule has 0 aliphatic carbocycles. The Bertz CT molecular complexity index is 204. The molecule has 0 aliphatic heterocycles. The Hall–Kier alpha value is 0.110. The van der Waals surface area contributed by atoms with Crippen molar-refractivity contribution in [3.63, 3.8) is 0 Å². The molecule has 0 aromatic rings. The van der Waals surface area contributed by atoms with Gasteiger partial charge in [0, 0.05) is 27.8 Å². The molecule has 1 N–H and O–H groups in total. The van der Waals surface area contributed by atoms with E-state index in [0.717, 1.165) is 18.7 Å². The molecule has 98 valence electrons. The van der Waals surface area contributed by atoms with Gasteiger partial charge in [-0.05, 0) is 24.8 Å². The van der Waals surface area contributed by atoms with Crippen LogP contribution in [0.2, 0.25) is 0 Å². The number of hydrogen-bond acceptors (Lipinski definition) is 2. The van der Waals surface area contributed by atoms with Gasteiger partial charge in [-0.2, -0.15) is 0 Å². The summed E-state index contributed by atoms with van der Waals surface area (Å²) in [6.07, 6.45) is 1.13. The lowest BCUT2D eigenvalue weighted by molar-refractivity contribution is 0.429. The number of hydrogen-bond donors (Lipinski definition) is 1. The number of nitrogens with one attached hydrogen (secondary N) is 1. The van der Waals surface area contributed by atoms with Crippen LogP contribution in [0.4, 0.5) is 0 Å². The van der Waals surface area contributed by atoms with E-state index in [1.54, 1.807) is 0 Å². The largest absolute Gasteiger partial charge is 0.313 e. The van der Waals surface area contributed by atoms with Gasteiger partial charge < -0.3 is 5.32 Å². The van der Waals surface area contributed by atoms with Crippen LogP contribution in [0.25, 0.3) is 0 Å². The predicted molar refractivity (Wildman–Crippen MR) is 74.2 cm³/mol. The van der Waals surface area contributed by atoms with Crippen LogP contribution in [0.3, 0.4) is 0 Å². The summed E-state index contributed by atoms with van der Waals surface area (Å²) in [4.78, 5) is 0. The van der Waals surface area contributed by atoms with E-state index in [4.69, 9.17) is 0 Å². The minimum absolute atomic E-state index is 0.296. The molecule has 0 amide bonds. The van der Waals surface area contributed by atoms with Crippen LogP contribution < -0.4 is 5.32 Å². The van der Waals surface area contributed by atoms with E-state index in [9.17, 15) is 4.21 Å².